The quantitative estimate of drug-likeness (QED) is 0.752. The number of amides is 2. The SMILES string of the molecule is CNCC(C)C(=O)N1CCCN(C(C)=O)CC1. The minimum Gasteiger partial charge on any atom is -0.341 e. The molecule has 1 aliphatic heterocycles. The fraction of sp³-hybridized carbons (Fsp3) is 0.833. The Labute approximate surface area is 103 Å². The largest absolute Gasteiger partial charge is 0.341 e. The van der Waals surface area contributed by atoms with Gasteiger partial charge < -0.3 is 15.1 Å². The first-order chi connectivity index (χ1) is 8.06. The molecule has 17 heavy (non-hydrogen) atoms. The van der Waals surface area contributed by atoms with E-state index in [2.05, 4.69) is 5.32 Å². The Morgan fingerprint density at radius 1 is 1.18 bits per heavy atom. The highest BCUT2D eigenvalue weighted by molar-refractivity contribution is 5.79. The molecule has 5 heteroatoms. The number of rotatable bonds is 3. The number of carbonyl (C=O) groups is 2. The molecular weight excluding hydrogens is 218 g/mol. The van der Waals surface area contributed by atoms with Crippen molar-refractivity contribution in [2.24, 2.45) is 5.92 Å². The average molecular weight is 241 g/mol. The molecule has 2 amide bonds. The third kappa shape index (κ3) is 4.00. The van der Waals surface area contributed by atoms with Gasteiger partial charge in [-0.1, -0.05) is 6.92 Å². The summed E-state index contributed by atoms with van der Waals surface area (Å²) in [5, 5.41) is 3.02. The molecule has 0 bridgehead atoms. The molecule has 0 aliphatic carbocycles. The van der Waals surface area contributed by atoms with Crippen LogP contribution in [-0.4, -0.2) is 61.4 Å². The standard InChI is InChI=1S/C12H23N3O2/c1-10(9-13-3)12(17)15-6-4-5-14(7-8-15)11(2)16/h10,13H,4-9H2,1-3H3. The summed E-state index contributed by atoms with van der Waals surface area (Å²) in [5.74, 6) is 0.288. The Morgan fingerprint density at radius 2 is 1.76 bits per heavy atom. The van der Waals surface area contributed by atoms with Crippen LogP contribution in [0.2, 0.25) is 0 Å². The summed E-state index contributed by atoms with van der Waals surface area (Å²) < 4.78 is 0. The predicted octanol–water partition coefficient (Wildman–Crippen LogP) is -0.0773. The molecule has 5 nitrogen and oxygen atoms in total. The summed E-state index contributed by atoms with van der Waals surface area (Å²) in [6.07, 6.45) is 0.873. The third-order valence-electron chi connectivity index (χ3n) is 3.18. The molecule has 0 saturated carbocycles. The first kappa shape index (κ1) is 14.0. The van der Waals surface area contributed by atoms with Gasteiger partial charge in [-0.25, -0.2) is 0 Å². The molecular formula is C12H23N3O2. The second-order valence-corrected chi connectivity index (χ2v) is 4.64. The van der Waals surface area contributed by atoms with Crippen LogP contribution in [0, 0.1) is 5.92 Å². The maximum Gasteiger partial charge on any atom is 0.226 e. The van der Waals surface area contributed by atoms with Crippen molar-refractivity contribution in [3.63, 3.8) is 0 Å². The van der Waals surface area contributed by atoms with E-state index in [9.17, 15) is 9.59 Å². The van der Waals surface area contributed by atoms with Crippen LogP contribution in [0.3, 0.4) is 0 Å². The van der Waals surface area contributed by atoms with E-state index >= 15 is 0 Å². The molecule has 1 saturated heterocycles. The van der Waals surface area contributed by atoms with Crippen molar-refractivity contribution in [1.82, 2.24) is 15.1 Å². The minimum absolute atomic E-state index is 0.00359. The van der Waals surface area contributed by atoms with Crippen molar-refractivity contribution in [2.75, 3.05) is 39.8 Å². The monoisotopic (exact) mass is 241 g/mol. The number of hydrogen-bond acceptors (Lipinski definition) is 3. The Bertz CT molecular complexity index is 281. The fourth-order valence-electron chi connectivity index (χ4n) is 2.16. The Hall–Kier alpha value is -1.10. The van der Waals surface area contributed by atoms with E-state index in [1.165, 1.54) is 0 Å². The van der Waals surface area contributed by atoms with Crippen molar-refractivity contribution >= 4 is 11.8 Å². The summed E-state index contributed by atoms with van der Waals surface area (Å²) in [7, 11) is 1.85. The molecule has 0 aromatic heterocycles. The van der Waals surface area contributed by atoms with Crippen LogP contribution >= 0.6 is 0 Å². The first-order valence-corrected chi connectivity index (χ1v) is 6.25. The molecule has 1 unspecified atom stereocenters. The van der Waals surface area contributed by atoms with Gasteiger partial charge in [-0.15, -0.1) is 0 Å². The maximum atomic E-state index is 12.1. The molecule has 0 radical (unpaired) electrons. The van der Waals surface area contributed by atoms with Crippen LogP contribution in [0.4, 0.5) is 0 Å². The van der Waals surface area contributed by atoms with E-state index in [-0.39, 0.29) is 17.7 Å². The molecule has 1 rings (SSSR count). The summed E-state index contributed by atoms with van der Waals surface area (Å²) >= 11 is 0. The van der Waals surface area contributed by atoms with Gasteiger partial charge in [0, 0.05) is 45.6 Å². The zero-order valence-electron chi connectivity index (χ0n) is 11.0. The number of carbonyl (C=O) groups excluding carboxylic acids is 2. The van der Waals surface area contributed by atoms with E-state index in [1.54, 1.807) is 6.92 Å². The molecule has 1 heterocycles. The van der Waals surface area contributed by atoms with Gasteiger partial charge in [0.1, 0.15) is 0 Å². The normalized spacial score (nSPS) is 18.8. The van der Waals surface area contributed by atoms with Gasteiger partial charge in [-0.05, 0) is 13.5 Å². The molecule has 1 aliphatic rings. The lowest BCUT2D eigenvalue weighted by Crippen LogP contribution is -2.41. The highest BCUT2D eigenvalue weighted by Crippen LogP contribution is 2.08. The van der Waals surface area contributed by atoms with Crippen molar-refractivity contribution in [3.8, 4) is 0 Å². The zero-order valence-corrected chi connectivity index (χ0v) is 11.0. The highest BCUT2D eigenvalue weighted by Gasteiger charge is 2.23. The topological polar surface area (TPSA) is 52.7 Å². The van der Waals surface area contributed by atoms with Crippen LogP contribution < -0.4 is 5.32 Å². The van der Waals surface area contributed by atoms with E-state index in [0.717, 1.165) is 19.5 Å². The lowest BCUT2D eigenvalue weighted by molar-refractivity contribution is -0.135. The lowest BCUT2D eigenvalue weighted by Gasteiger charge is -2.24. The number of nitrogens with zero attached hydrogens (tertiary/aromatic N) is 2. The Balaban J connectivity index is 2.50. The lowest BCUT2D eigenvalue weighted by atomic mass is 10.1. The minimum atomic E-state index is 0.00359. The summed E-state index contributed by atoms with van der Waals surface area (Å²) in [6.45, 7) is 7.06. The average Bonchev–Trinajstić information content (AvgIpc) is 2.53. The van der Waals surface area contributed by atoms with Gasteiger partial charge in [0.15, 0.2) is 0 Å². The van der Waals surface area contributed by atoms with Crippen molar-refractivity contribution in [3.05, 3.63) is 0 Å². The third-order valence-corrected chi connectivity index (χ3v) is 3.18. The van der Waals surface area contributed by atoms with Crippen LogP contribution in [0.5, 0.6) is 0 Å². The summed E-state index contributed by atoms with van der Waals surface area (Å²) in [6, 6.07) is 0. The molecule has 0 aromatic carbocycles. The van der Waals surface area contributed by atoms with Crippen molar-refractivity contribution in [2.45, 2.75) is 20.3 Å². The number of hydrogen-bond donors (Lipinski definition) is 1. The molecule has 0 aromatic rings. The van der Waals surface area contributed by atoms with Crippen LogP contribution in [-0.2, 0) is 9.59 Å². The highest BCUT2D eigenvalue weighted by atomic mass is 16.2. The van der Waals surface area contributed by atoms with E-state index in [1.807, 2.05) is 23.8 Å². The van der Waals surface area contributed by atoms with Crippen molar-refractivity contribution in [1.29, 1.82) is 0 Å². The summed E-state index contributed by atoms with van der Waals surface area (Å²) in [4.78, 5) is 27.1. The smallest absolute Gasteiger partial charge is 0.226 e. The van der Waals surface area contributed by atoms with E-state index < -0.39 is 0 Å². The molecule has 1 fully saturated rings. The van der Waals surface area contributed by atoms with Gasteiger partial charge >= 0.3 is 0 Å². The van der Waals surface area contributed by atoms with Gasteiger partial charge in [-0.2, -0.15) is 0 Å². The van der Waals surface area contributed by atoms with E-state index in [0.29, 0.717) is 19.6 Å². The van der Waals surface area contributed by atoms with Crippen molar-refractivity contribution < 1.29 is 9.59 Å². The Kier molecular flexibility index (Phi) is 5.41. The van der Waals surface area contributed by atoms with E-state index in [4.69, 9.17) is 0 Å². The summed E-state index contributed by atoms with van der Waals surface area (Å²) in [5.41, 5.74) is 0. The second kappa shape index (κ2) is 6.59. The number of nitrogens with one attached hydrogen (secondary N) is 1. The van der Waals surface area contributed by atoms with Crippen LogP contribution in [0.15, 0.2) is 0 Å². The van der Waals surface area contributed by atoms with Gasteiger partial charge in [-0.3, -0.25) is 9.59 Å². The molecule has 98 valence electrons. The van der Waals surface area contributed by atoms with Crippen LogP contribution in [0.25, 0.3) is 0 Å². The first-order valence-electron chi connectivity index (χ1n) is 6.25. The molecule has 1 N–H and O–H groups in total. The second-order valence-electron chi connectivity index (χ2n) is 4.64. The fourth-order valence-corrected chi connectivity index (χ4v) is 2.16. The van der Waals surface area contributed by atoms with Gasteiger partial charge in [0.05, 0.1) is 0 Å². The molecule has 0 spiro atoms. The zero-order chi connectivity index (χ0) is 12.8. The van der Waals surface area contributed by atoms with Gasteiger partial charge in [0.2, 0.25) is 11.8 Å². The maximum absolute atomic E-state index is 12.1. The van der Waals surface area contributed by atoms with Crippen LogP contribution in [0.1, 0.15) is 20.3 Å². The van der Waals surface area contributed by atoms with Gasteiger partial charge in [0.25, 0.3) is 0 Å². The molecule has 1 atom stereocenters. The predicted molar refractivity (Wildman–Crippen MR) is 66.5 cm³/mol. The Morgan fingerprint density at radius 3 is 2.35 bits per heavy atom.